The van der Waals surface area contributed by atoms with Crippen LogP contribution in [0.2, 0.25) is 0 Å². The van der Waals surface area contributed by atoms with Gasteiger partial charge in [0.25, 0.3) is 0 Å². The van der Waals surface area contributed by atoms with Crippen LogP contribution in [-0.2, 0) is 11.3 Å². The van der Waals surface area contributed by atoms with E-state index >= 15 is 0 Å². The van der Waals surface area contributed by atoms with Gasteiger partial charge in [-0.1, -0.05) is 30.3 Å². The molecular formula is C17H19N3OS. The summed E-state index contributed by atoms with van der Waals surface area (Å²) in [4.78, 5) is 12.0. The molecule has 1 amide bonds. The molecule has 0 atom stereocenters. The summed E-state index contributed by atoms with van der Waals surface area (Å²) in [5.41, 5.74) is 3.59. The molecule has 0 aliphatic rings. The lowest BCUT2D eigenvalue weighted by Gasteiger charge is -2.13. The van der Waals surface area contributed by atoms with E-state index in [1.165, 1.54) is 11.8 Å². The third-order valence-electron chi connectivity index (χ3n) is 3.66. The molecule has 4 nitrogen and oxygen atoms in total. The minimum atomic E-state index is -0.0872. The molecule has 1 N–H and O–H groups in total. The van der Waals surface area contributed by atoms with E-state index < -0.39 is 0 Å². The summed E-state index contributed by atoms with van der Waals surface area (Å²) in [6, 6.07) is 12.2. The molecule has 0 aliphatic heterocycles. The Morgan fingerprint density at radius 2 is 2.00 bits per heavy atom. The van der Waals surface area contributed by atoms with E-state index in [2.05, 4.69) is 11.4 Å². The van der Waals surface area contributed by atoms with E-state index in [0.717, 1.165) is 16.8 Å². The van der Waals surface area contributed by atoms with E-state index in [1.807, 2.05) is 55.0 Å². The zero-order valence-electron chi connectivity index (χ0n) is 13.0. The summed E-state index contributed by atoms with van der Waals surface area (Å²) in [6.45, 7) is 4.52. The van der Waals surface area contributed by atoms with Crippen LogP contribution in [0.5, 0.6) is 0 Å². The van der Waals surface area contributed by atoms with Crippen LogP contribution in [0.15, 0.2) is 30.3 Å². The summed E-state index contributed by atoms with van der Waals surface area (Å²) >= 11 is 1.46. The van der Waals surface area contributed by atoms with E-state index in [4.69, 9.17) is 0 Å². The first-order valence-corrected chi connectivity index (χ1v) is 8.40. The number of carbonyl (C=O) groups excluding carboxylic acids is 1. The van der Waals surface area contributed by atoms with Gasteiger partial charge in [0.15, 0.2) is 0 Å². The van der Waals surface area contributed by atoms with E-state index in [9.17, 15) is 10.1 Å². The molecule has 0 bridgehead atoms. The molecule has 0 fully saturated rings. The maximum atomic E-state index is 12.0. The molecule has 2 rings (SSSR count). The first-order valence-electron chi connectivity index (χ1n) is 7.01. The molecule has 1 heterocycles. The van der Waals surface area contributed by atoms with Crippen LogP contribution >= 0.6 is 11.8 Å². The maximum absolute atomic E-state index is 12.0. The highest BCUT2D eigenvalue weighted by Crippen LogP contribution is 2.27. The van der Waals surface area contributed by atoms with Crippen molar-refractivity contribution in [1.82, 2.24) is 4.57 Å². The summed E-state index contributed by atoms with van der Waals surface area (Å²) in [5.74, 6) is 0.885. The van der Waals surface area contributed by atoms with Crippen molar-refractivity contribution in [3.05, 3.63) is 52.7 Å². The van der Waals surface area contributed by atoms with Crippen molar-refractivity contribution in [3.8, 4) is 6.07 Å². The number of amides is 1. The fourth-order valence-electron chi connectivity index (χ4n) is 2.39. The van der Waals surface area contributed by atoms with Crippen LogP contribution in [0.25, 0.3) is 0 Å². The van der Waals surface area contributed by atoms with Gasteiger partial charge in [-0.15, -0.1) is 0 Å². The Hall–Kier alpha value is -2.19. The fourth-order valence-corrected chi connectivity index (χ4v) is 2.73. The smallest absolute Gasteiger partial charge is 0.235 e. The van der Waals surface area contributed by atoms with Crippen molar-refractivity contribution in [1.29, 1.82) is 5.26 Å². The highest BCUT2D eigenvalue weighted by atomic mass is 32.2. The minimum Gasteiger partial charge on any atom is -0.326 e. The zero-order valence-corrected chi connectivity index (χ0v) is 13.8. The van der Waals surface area contributed by atoms with Crippen LogP contribution in [-0.4, -0.2) is 22.5 Å². The highest BCUT2D eigenvalue weighted by Gasteiger charge is 2.19. The van der Waals surface area contributed by atoms with Gasteiger partial charge in [-0.2, -0.15) is 17.0 Å². The first-order chi connectivity index (χ1) is 10.6. The molecule has 2 aromatic rings. The molecule has 5 heteroatoms. The number of carbonyl (C=O) groups is 1. The lowest BCUT2D eigenvalue weighted by molar-refractivity contribution is -0.113. The fraction of sp³-hybridized carbons (Fsp3) is 0.294. The molecule has 0 radical (unpaired) electrons. The second-order valence-corrected chi connectivity index (χ2v) is 5.96. The van der Waals surface area contributed by atoms with Gasteiger partial charge in [0.1, 0.15) is 11.9 Å². The largest absolute Gasteiger partial charge is 0.326 e. The van der Waals surface area contributed by atoms with Crippen molar-refractivity contribution in [2.75, 3.05) is 17.3 Å². The molecule has 1 aromatic carbocycles. The van der Waals surface area contributed by atoms with Crippen molar-refractivity contribution in [2.24, 2.45) is 0 Å². The van der Waals surface area contributed by atoms with E-state index in [1.54, 1.807) is 0 Å². The second-order valence-electron chi connectivity index (χ2n) is 5.10. The van der Waals surface area contributed by atoms with Crippen LogP contribution in [0, 0.1) is 25.2 Å². The van der Waals surface area contributed by atoms with Crippen molar-refractivity contribution >= 4 is 23.5 Å². The normalized spacial score (nSPS) is 10.3. The van der Waals surface area contributed by atoms with Gasteiger partial charge in [0.2, 0.25) is 5.91 Å². The predicted molar refractivity (Wildman–Crippen MR) is 91.2 cm³/mol. The molecule has 22 heavy (non-hydrogen) atoms. The maximum Gasteiger partial charge on any atom is 0.235 e. The number of anilines is 1. The number of aromatic nitrogens is 1. The highest BCUT2D eigenvalue weighted by molar-refractivity contribution is 7.99. The lowest BCUT2D eigenvalue weighted by Crippen LogP contribution is -2.18. The number of hydrogen-bond donors (Lipinski definition) is 1. The predicted octanol–water partition coefficient (Wildman–Crippen LogP) is 3.33. The molecule has 0 aliphatic carbocycles. The quantitative estimate of drug-likeness (QED) is 0.921. The number of benzene rings is 1. The molecular weight excluding hydrogens is 294 g/mol. The molecule has 1 aromatic heterocycles. The van der Waals surface area contributed by atoms with Gasteiger partial charge in [0.05, 0.1) is 11.3 Å². The van der Waals surface area contributed by atoms with Gasteiger partial charge in [-0.3, -0.25) is 4.79 Å². The van der Waals surface area contributed by atoms with Crippen LogP contribution in [0.4, 0.5) is 5.82 Å². The molecule has 114 valence electrons. The summed E-state index contributed by atoms with van der Waals surface area (Å²) < 4.78 is 2.00. The number of nitrogens with one attached hydrogen (secondary N) is 1. The standard InChI is InChI=1S/C17H19N3OS/c1-12-13(2)20(10-14-7-5-4-6-8-14)17(15(12)9-18)19-16(21)11-22-3/h4-8H,10-11H2,1-3H3,(H,19,21). The summed E-state index contributed by atoms with van der Waals surface area (Å²) in [6.07, 6.45) is 1.88. The summed E-state index contributed by atoms with van der Waals surface area (Å²) in [5, 5.41) is 12.3. The Morgan fingerprint density at radius 1 is 1.32 bits per heavy atom. The second kappa shape index (κ2) is 7.19. The summed E-state index contributed by atoms with van der Waals surface area (Å²) in [7, 11) is 0. The van der Waals surface area contributed by atoms with Gasteiger partial charge >= 0.3 is 0 Å². The molecule has 0 spiro atoms. The average Bonchev–Trinajstić information content (AvgIpc) is 2.73. The number of hydrogen-bond acceptors (Lipinski definition) is 3. The zero-order chi connectivity index (χ0) is 16.1. The third kappa shape index (κ3) is 3.34. The molecule has 0 saturated heterocycles. The average molecular weight is 313 g/mol. The SMILES string of the molecule is CSCC(=O)Nc1c(C#N)c(C)c(C)n1Cc1ccccc1. The molecule has 0 saturated carbocycles. The first kappa shape index (κ1) is 16.2. The Bertz CT molecular complexity index is 714. The van der Waals surface area contributed by atoms with Crippen LogP contribution < -0.4 is 5.32 Å². The lowest BCUT2D eigenvalue weighted by atomic mass is 10.2. The topological polar surface area (TPSA) is 57.8 Å². The molecule has 0 unspecified atom stereocenters. The van der Waals surface area contributed by atoms with Gasteiger partial charge in [0, 0.05) is 12.2 Å². The van der Waals surface area contributed by atoms with Crippen LogP contribution in [0.3, 0.4) is 0 Å². The number of nitrogens with zero attached hydrogens (tertiary/aromatic N) is 2. The Labute approximate surface area is 135 Å². The third-order valence-corrected chi connectivity index (χ3v) is 4.21. The Kier molecular flexibility index (Phi) is 5.29. The van der Waals surface area contributed by atoms with Gasteiger partial charge in [-0.25, -0.2) is 0 Å². The number of rotatable bonds is 5. The van der Waals surface area contributed by atoms with Gasteiger partial charge < -0.3 is 9.88 Å². The number of nitriles is 1. The monoisotopic (exact) mass is 313 g/mol. The number of thioether (sulfide) groups is 1. The van der Waals surface area contributed by atoms with Crippen molar-refractivity contribution < 1.29 is 4.79 Å². The van der Waals surface area contributed by atoms with E-state index in [0.29, 0.717) is 23.7 Å². The van der Waals surface area contributed by atoms with Crippen molar-refractivity contribution in [3.63, 3.8) is 0 Å². The van der Waals surface area contributed by atoms with Crippen molar-refractivity contribution in [2.45, 2.75) is 20.4 Å². The van der Waals surface area contributed by atoms with E-state index in [-0.39, 0.29) is 5.91 Å². The van der Waals surface area contributed by atoms with Gasteiger partial charge in [-0.05, 0) is 31.2 Å². The Balaban J connectivity index is 2.43. The minimum absolute atomic E-state index is 0.0872. The van der Waals surface area contributed by atoms with Crippen LogP contribution in [0.1, 0.15) is 22.4 Å². The Morgan fingerprint density at radius 3 is 2.59 bits per heavy atom.